The first-order chi connectivity index (χ1) is 9.83. The zero-order valence-electron chi connectivity index (χ0n) is 11.2. The van der Waals surface area contributed by atoms with E-state index in [1.165, 1.54) is 12.8 Å². The number of hydrogen-bond acceptors (Lipinski definition) is 4. The molecule has 0 radical (unpaired) electrons. The van der Waals surface area contributed by atoms with Crippen LogP contribution in [0.2, 0.25) is 0 Å². The van der Waals surface area contributed by atoms with Gasteiger partial charge in [0, 0.05) is 24.8 Å². The summed E-state index contributed by atoms with van der Waals surface area (Å²) in [5, 5.41) is 12.5. The number of rotatable bonds is 6. The second kappa shape index (κ2) is 6.03. The van der Waals surface area contributed by atoms with Crippen LogP contribution >= 0.6 is 0 Å². The highest BCUT2D eigenvalue weighted by Crippen LogP contribution is 2.21. The molecule has 1 aromatic carbocycles. The van der Waals surface area contributed by atoms with E-state index in [1.807, 2.05) is 42.6 Å². The van der Waals surface area contributed by atoms with Crippen molar-refractivity contribution in [3.63, 3.8) is 0 Å². The third-order valence-electron chi connectivity index (χ3n) is 3.27. The number of nitrogens with zero attached hydrogens (tertiary/aromatic N) is 1. The lowest BCUT2D eigenvalue weighted by atomic mass is 10.2. The molecule has 0 bridgehead atoms. The molecule has 1 fully saturated rings. The van der Waals surface area contributed by atoms with E-state index >= 15 is 0 Å². The van der Waals surface area contributed by atoms with Crippen molar-refractivity contribution in [2.75, 3.05) is 0 Å². The Morgan fingerprint density at radius 1 is 1.20 bits per heavy atom. The first-order valence-corrected chi connectivity index (χ1v) is 6.89. The van der Waals surface area contributed by atoms with E-state index < -0.39 is 0 Å². The second-order valence-electron chi connectivity index (χ2n) is 5.07. The summed E-state index contributed by atoms with van der Waals surface area (Å²) in [4.78, 5) is 4.30. The van der Waals surface area contributed by atoms with Crippen LogP contribution in [0.1, 0.15) is 24.0 Å². The molecule has 0 amide bonds. The predicted octanol–water partition coefficient (Wildman–Crippen LogP) is 2.62. The number of ether oxygens (including phenoxy) is 1. The van der Waals surface area contributed by atoms with E-state index in [0.717, 1.165) is 17.7 Å². The second-order valence-corrected chi connectivity index (χ2v) is 5.07. The number of aliphatic hydroxyl groups excluding tert-OH is 1. The Hall–Kier alpha value is -1.91. The van der Waals surface area contributed by atoms with E-state index in [1.54, 1.807) is 0 Å². The SMILES string of the molecule is OCc1cccc(Oc2ccc(CNC3CC3)cn2)c1. The number of benzene rings is 1. The molecule has 1 saturated carbocycles. The molecule has 1 aliphatic carbocycles. The molecule has 0 aliphatic heterocycles. The highest BCUT2D eigenvalue weighted by atomic mass is 16.5. The van der Waals surface area contributed by atoms with Crippen molar-refractivity contribution >= 4 is 0 Å². The summed E-state index contributed by atoms with van der Waals surface area (Å²) in [5.41, 5.74) is 1.99. The number of aliphatic hydroxyl groups is 1. The van der Waals surface area contributed by atoms with E-state index in [2.05, 4.69) is 10.3 Å². The Morgan fingerprint density at radius 3 is 2.80 bits per heavy atom. The fourth-order valence-electron chi connectivity index (χ4n) is 1.95. The topological polar surface area (TPSA) is 54.4 Å². The quantitative estimate of drug-likeness (QED) is 0.847. The average molecular weight is 270 g/mol. The molecule has 1 aliphatic rings. The summed E-state index contributed by atoms with van der Waals surface area (Å²) in [5.74, 6) is 1.25. The smallest absolute Gasteiger partial charge is 0.219 e. The highest BCUT2D eigenvalue weighted by Gasteiger charge is 2.19. The molecule has 2 N–H and O–H groups in total. The largest absolute Gasteiger partial charge is 0.439 e. The van der Waals surface area contributed by atoms with Crippen LogP contribution in [0.5, 0.6) is 11.6 Å². The predicted molar refractivity (Wildman–Crippen MR) is 76.5 cm³/mol. The van der Waals surface area contributed by atoms with E-state index in [-0.39, 0.29) is 6.61 Å². The maximum absolute atomic E-state index is 9.10. The van der Waals surface area contributed by atoms with Gasteiger partial charge >= 0.3 is 0 Å². The van der Waals surface area contributed by atoms with Crippen molar-refractivity contribution in [2.45, 2.75) is 32.0 Å². The zero-order valence-corrected chi connectivity index (χ0v) is 11.2. The maximum atomic E-state index is 9.10. The number of pyridine rings is 1. The van der Waals surface area contributed by atoms with Crippen LogP contribution in [0.25, 0.3) is 0 Å². The van der Waals surface area contributed by atoms with Crippen LogP contribution in [0.3, 0.4) is 0 Å². The molecule has 0 atom stereocenters. The summed E-state index contributed by atoms with van der Waals surface area (Å²) in [6, 6.07) is 12.0. The van der Waals surface area contributed by atoms with Gasteiger partial charge in [-0.25, -0.2) is 4.98 Å². The molecule has 0 unspecified atom stereocenters. The van der Waals surface area contributed by atoms with Crippen molar-refractivity contribution < 1.29 is 9.84 Å². The first kappa shape index (κ1) is 13.1. The molecule has 0 spiro atoms. The van der Waals surface area contributed by atoms with Crippen LogP contribution in [-0.4, -0.2) is 16.1 Å². The van der Waals surface area contributed by atoms with Crippen LogP contribution in [-0.2, 0) is 13.2 Å². The van der Waals surface area contributed by atoms with Gasteiger partial charge in [0.1, 0.15) is 5.75 Å². The van der Waals surface area contributed by atoms with Gasteiger partial charge in [0.15, 0.2) is 0 Å². The van der Waals surface area contributed by atoms with Gasteiger partial charge in [-0.15, -0.1) is 0 Å². The zero-order chi connectivity index (χ0) is 13.8. The van der Waals surface area contributed by atoms with Gasteiger partial charge in [-0.2, -0.15) is 0 Å². The van der Waals surface area contributed by atoms with Gasteiger partial charge in [0.25, 0.3) is 0 Å². The van der Waals surface area contributed by atoms with Gasteiger partial charge < -0.3 is 15.2 Å². The number of hydrogen-bond donors (Lipinski definition) is 2. The molecule has 104 valence electrons. The minimum Gasteiger partial charge on any atom is -0.439 e. The third kappa shape index (κ3) is 3.56. The van der Waals surface area contributed by atoms with E-state index in [9.17, 15) is 0 Å². The number of aromatic nitrogens is 1. The first-order valence-electron chi connectivity index (χ1n) is 6.89. The van der Waals surface area contributed by atoms with Gasteiger partial charge in [-0.3, -0.25) is 0 Å². The average Bonchev–Trinajstić information content (AvgIpc) is 3.31. The third-order valence-corrected chi connectivity index (χ3v) is 3.27. The molecule has 1 heterocycles. The summed E-state index contributed by atoms with van der Waals surface area (Å²) in [7, 11) is 0. The van der Waals surface area contributed by atoms with Gasteiger partial charge in [0.2, 0.25) is 5.88 Å². The Morgan fingerprint density at radius 2 is 2.10 bits per heavy atom. The minimum atomic E-state index is 0.0103. The Labute approximate surface area is 118 Å². The summed E-state index contributed by atoms with van der Waals surface area (Å²) in [6.07, 6.45) is 4.41. The molecule has 0 saturated heterocycles. The van der Waals surface area contributed by atoms with Crippen LogP contribution in [0, 0.1) is 0 Å². The standard InChI is InChI=1S/C16H18N2O2/c19-11-12-2-1-3-15(8-12)20-16-7-4-13(10-18-16)9-17-14-5-6-14/h1-4,7-8,10,14,17,19H,5-6,9,11H2. The monoisotopic (exact) mass is 270 g/mol. The van der Waals surface area contributed by atoms with Crippen molar-refractivity contribution in [1.82, 2.24) is 10.3 Å². The van der Waals surface area contributed by atoms with Gasteiger partial charge in [-0.05, 0) is 36.1 Å². The lowest BCUT2D eigenvalue weighted by Crippen LogP contribution is -2.15. The molecule has 1 aromatic heterocycles. The van der Waals surface area contributed by atoms with Crippen molar-refractivity contribution in [1.29, 1.82) is 0 Å². The van der Waals surface area contributed by atoms with Gasteiger partial charge in [-0.1, -0.05) is 18.2 Å². The fourth-order valence-corrected chi connectivity index (χ4v) is 1.95. The molecule has 3 rings (SSSR count). The molecule has 20 heavy (non-hydrogen) atoms. The van der Waals surface area contributed by atoms with Crippen molar-refractivity contribution in [3.05, 3.63) is 53.7 Å². The summed E-state index contributed by atoms with van der Waals surface area (Å²) < 4.78 is 5.67. The van der Waals surface area contributed by atoms with Gasteiger partial charge in [0.05, 0.1) is 6.61 Å². The highest BCUT2D eigenvalue weighted by molar-refractivity contribution is 5.31. The summed E-state index contributed by atoms with van der Waals surface area (Å²) >= 11 is 0. The Bertz CT molecular complexity index is 565. The normalized spacial score (nSPS) is 14.2. The van der Waals surface area contributed by atoms with Crippen LogP contribution in [0.4, 0.5) is 0 Å². The van der Waals surface area contributed by atoms with E-state index in [0.29, 0.717) is 17.7 Å². The lowest BCUT2D eigenvalue weighted by Gasteiger charge is -2.07. The molecule has 4 nitrogen and oxygen atoms in total. The Kier molecular flexibility index (Phi) is 3.95. The summed E-state index contributed by atoms with van der Waals surface area (Å²) in [6.45, 7) is 0.869. The van der Waals surface area contributed by atoms with E-state index in [4.69, 9.17) is 9.84 Å². The lowest BCUT2D eigenvalue weighted by molar-refractivity contribution is 0.281. The number of nitrogens with one attached hydrogen (secondary N) is 1. The van der Waals surface area contributed by atoms with Crippen molar-refractivity contribution in [3.8, 4) is 11.6 Å². The molecule has 2 aromatic rings. The Balaban J connectivity index is 1.61. The molecular weight excluding hydrogens is 252 g/mol. The maximum Gasteiger partial charge on any atom is 0.219 e. The van der Waals surface area contributed by atoms with Crippen molar-refractivity contribution in [2.24, 2.45) is 0 Å². The van der Waals surface area contributed by atoms with Crippen LogP contribution in [0.15, 0.2) is 42.6 Å². The minimum absolute atomic E-state index is 0.0103. The fraction of sp³-hybridized carbons (Fsp3) is 0.312. The molecular formula is C16H18N2O2. The molecule has 4 heteroatoms. The van der Waals surface area contributed by atoms with Crippen LogP contribution < -0.4 is 10.1 Å².